The van der Waals surface area contributed by atoms with Crippen LogP contribution in [0, 0.1) is 0 Å². The van der Waals surface area contributed by atoms with Crippen LogP contribution in [-0.2, 0) is 9.47 Å². The van der Waals surface area contributed by atoms with Crippen LogP contribution in [0.3, 0.4) is 0 Å². The molecule has 1 aliphatic rings. The highest BCUT2D eigenvalue weighted by Crippen LogP contribution is 2.41. The number of hydrogen-bond donors (Lipinski definition) is 0. The van der Waals surface area contributed by atoms with Crippen molar-refractivity contribution in [3.63, 3.8) is 0 Å². The number of carbonyl (C=O) groups excluding carboxylic acids is 1. The zero-order valence-corrected chi connectivity index (χ0v) is 6.19. The first-order valence-corrected chi connectivity index (χ1v) is 3.21. The highest BCUT2D eigenvalue weighted by molar-refractivity contribution is 5.63. The monoisotopic (exact) mass is 166 g/mol. The van der Waals surface area contributed by atoms with Gasteiger partial charge in [-0.1, -0.05) is 6.92 Å². The van der Waals surface area contributed by atoms with E-state index in [9.17, 15) is 13.6 Å². The molecule has 3 nitrogen and oxygen atoms in total. The van der Waals surface area contributed by atoms with E-state index >= 15 is 0 Å². The molecule has 5 heteroatoms. The minimum Gasteiger partial charge on any atom is -0.390 e. The summed E-state index contributed by atoms with van der Waals surface area (Å²) in [6.07, 6.45) is -1.58. The summed E-state index contributed by atoms with van der Waals surface area (Å²) >= 11 is 0. The van der Waals surface area contributed by atoms with Gasteiger partial charge in [0.25, 0.3) is 0 Å². The van der Waals surface area contributed by atoms with E-state index in [4.69, 9.17) is 0 Å². The molecular weight excluding hydrogens is 158 g/mol. The summed E-state index contributed by atoms with van der Waals surface area (Å²) in [5, 5.41) is 0. The number of ether oxygens (including phenoxy) is 2. The fourth-order valence-corrected chi connectivity index (χ4v) is 0.865. The van der Waals surface area contributed by atoms with E-state index in [-0.39, 0.29) is 6.42 Å². The summed E-state index contributed by atoms with van der Waals surface area (Å²) in [6, 6.07) is 0. The quantitative estimate of drug-likeness (QED) is 0.558. The normalized spacial score (nSPS) is 43.5. The van der Waals surface area contributed by atoms with E-state index in [2.05, 4.69) is 9.47 Å². The molecule has 64 valence electrons. The Morgan fingerprint density at radius 2 is 2.00 bits per heavy atom. The molecule has 0 aliphatic carbocycles. The molecule has 0 amide bonds. The SMILES string of the molecule is CCC1(F)OC(=O)OC1(C)F. The lowest BCUT2D eigenvalue weighted by molar-refractivity contribution is -0.204. The highest BCUT2D eigenvalue weighted by Gasteiger charge is 2.61. The Balaban J connectivity index is 2.89. The second-order valence-electron chi connectivity index (χ2n) is 2.45. The molecule has 0 spiro atoms. The zero-order valence-electron chi connectivity index (χ0n) is 6.19. The Labute approximate surface area is 62.3 Å². The first-order valence-electron chi connectivity index (χ1n) is 3.21. The van der Waals surface area contributed by atoms with Crippen LogP contribution < -0.4 is 0 Å². The van der Waals surface area contributed by atoms with E-state index in [1.807, 2.05) is 0 Å². The lowest BCUT2D eigenvalue weighted by Gasteiger charge is -2.22. The number of carbonyl (C=O) groups is 1. The lowest BCUT2D eigenvalue weighted by Crippen LogP contribution is -2.41. The van der Waals surface area contributed by atoms with E-state index in [1.165, 1.54) is 6.92 Å². The summed E-state index contributed by atoms with van der Waals surface area (Å²) < 4.78 is 34.1. The number of alkyl halides is 2. The number of rotatable bonds is 1. The predicted molar refractivity (Wildman–Crippen MR) is 31.2 cm³/mol. The number of hydrogen-bond acceptors (Lipinski definition) is 3. The minimum atomic E-state index is -2.67. The van der Waals surface area contributed by atoms with Gasteiger partial charge >= 0.3 is 17.9 Å². The molecule has 0 bridgehead atoms. The molecular formula is C6H8F2O3. The molecule has 0 aromatic carbocycles. The van der Waals surface area contributed by atoms with Gasteiger partial charge in [0.1, 0.15) is 0 Å². The van der Waals surface area contributed by atoms with Gasteiger partial charge in [0.15, 0.2) is 0 Å². The van der Waals surface area contributed by atoms with E-state index in [1.54, 1.807) is 0 Å². The molecule has 0 aromatic heterocycles. The van der Waals surface area contributed by atoms with Crippen molar-refractivity contribution in [1.29, 1.82) is 0 Å². The summed E-state index contributed by atoms with van der Waals surface area (Å²) in [5.41, 5.74) is 0. The fraction of sp³-hybridized carbons (Fsp3) is 0.833. The third-order valence-corrected chi connectivity index (χ3v) is 1.64. The van der Waals surface area contributed by atoms with Crippen LogP contribution in [0.4, 0.5) is 13.6 Å². The fourth-order valence-electron chi connectivity index (χ4n) is 0.865. The topological polar surface area (TPSA) is 35.5 Å². The molecule has 2 atom stereocenters. The summed E-state index contributed by atoms with van der Waals surface area (Å²) in [6.45, 7) is 2.18. The molecule has 2 unspecified atom stereocenters. The first-order chi connectivity index (χ1) is 4.91. The molecule has 1 fully saturated rings. The third kappa shape index (κ3) is 1.04. The van der Waals surface area contributed by atoms with Crippen molar-refractivity contribution in [3.8, 4) is 0 Å². The van der Waals surface area contributed by atoms with E-state index in [0.29, 0.717) is 0 Å². The lowest BCUT2D eigenvalue weighted by atomic mass is 10.1. The standard InChI is InChI=1S/C6H8F2O3/c1-3-6(8)5(2,7)10-4(9)11-6/h3H2,1-2H3. The van der Waals surface area contributed by atoms with Crippen LogP contribution in [0.1, 0.15) is 20.3 Å². The van der Waals surface area contributed by atoms with Crippen LogP contribution in [0.2, 0.25) is 0 Å². The van der Waals surface area contributed by atoms with Crippen molar-refractivity contribution < 1.29 is 23.0 Å². The van der Waals surface area contributed by atoms with Gasteiger partial charge in [-0.25, -0.2) is 4.79 Å². The molecule has 0 saturated carbocycles. The molecule has 11 heavy (non-hydrogen) atoms. The van der Waals surface area contributed by atoms with Crippen LogP contribution in [0.5, 0.6) is 0 Å². The van der Waals surface area contributed by atoms with E-state index in [0.717, 1.165) is 6.92 Å². The van der Waals surface area contributed by atoms with Gasteiger partial charge in [-0.05, 0) is 0 Å². The summed E-state index contributed by atoms with van der Waals surface area (Å²) in [7, 11) is 0. The van der Waals surface area contributed by atoms with Gasteiger partial charge in [0, 0.05) is 13.3 Å². The number of halogens is 2. The smallest absolute Gasteiger partial charge is 0.390 e. The Hall–Kier alpha value is -0.870. The Bertz CT molecular complexity index is 192. The highest BCUT2D eigenvalue weighted by atomic mass is 19.2. The Kier molecular flexibility index (Phi) is 1.54. The maximum Gasteiger partial charge on any atom is 0.514 e. The van der Waals surface area contributed by atoms with Gasteiger partial charge < -0.3 is 9.47 Å². The van der Waals surface area contributed by atoms with Gasteiger partial charge in [-0.3, -0.25) is 0 Å². The average Bonchev–Trinajstić information content (AvgIpc) is 2.03. The Morgan fingerprint density at radius 3 is 2.18 bits per heavy atom. The molecule has 1 rings (SSSR count). The van der Waals surface area contributed by atoms with Crippen molar-refractivity contribution in [3.05, 3.63) is 0 Å². The molecule has 0 N–H and O–H groups in total. The van der Waals surface area contributed by atoms with Gasteiger partial charge in [0.2, 0.25) is 0 Å². The number of cyclic esters (lactones) is 2. The second kappa shape index (κ2) is 2.06. The molecule has 1 heterocycles. The van der Waals surface area contributed by atoms with Crippen molar-refractivity contribution >= 4 is 6.16 Å². The minimum absolute atomic E-state index is 0.272. The Morgan fingerprint density at radius 1 is 1.45 bits per heavy atom. The molecule has 1 saturated heterocycles. The van der Waals surface area contributed by atoms with Gasteiger partial charge in [0.05, 0.1) is 0 Å². The van der Waals surface area contributed by atoms with Crippen LogP contribution in [0.25, 0.3) is 0 Å². The van der Waals surface area contributed by atoms with Crippen molar-refractivity contribution in [2.24, 2.45) is 0 Å². The van der Waals surface area contributed by atoms with Crippen LogP contribution in [0.15, 0.2) is 0 Å². The molecule has 1 aliphatic heterocycles. The zero-order chi connectivity index (χ0) is 8.70. The van der Waals surface area contributed by atoms with Crippen molar-refractivity contribution in [1.82, 2.24) is 0 Å². The largest absolute Gasteiger partial charge is 0.514 e. The summed E-state index contributed by atoms with van der Waals surface area (Å²) in [5.74, 6) is -5.30. The van der Waals surface area contributed by atoms with Crippen LogP contribution >= 0.6 is 0 Å². The van der Waals surface area contributed by atoms with Crippen molar-refractivity contribution in [2.75, 3.05) is 0 Å². The predicted octanol–water partition coefficient (Wildman–Crippen LogP) is 1.91. The molecule has 0 radical (unpaired) electrons. The van der Waals surface area contributed by atoms with E-state index < -0.39 is 17.9 Å². The maximum atomic E-state index is 13.1. The first kappa shape index (κ1) is 8.23. The van der Waals surface area contributed by atoms with Gasteiger partial charge in [-0.2, -0.15) is 8.78 Å². The second-order valence-corrected chi connectivity index (χ2v) is 2.45. The summed E-state index contributed by atoms with van der Waals surface area (Å²) in [4.78, 5) is 10.3. The van der Waals surface area contributed by atoms with Crippen molar-refractivity contribution in [2.45, 2.75) is 32.0 Å². The molecule has 0 aromatic rings. The average molecular weight is 166 g/mol. The van der Waals surface area contributed by atoms with Crippen LogP contribution in [-0.4, -0.2) is 17.9 Å². The maximum absolute atomic E-state index is 13.1. The van der Waals surface area contributed by atoms with Gasteiger partial charge in [-0.15, -0.1) is 0 Å². The third-order valence-electron chi connectivity index (χ3n) is 1.64.